The largest absolute Gasteiger partial charge is 0.496 e. The first-order valence-corrected chi connectivity index (χ1v) is 10.7. The van der Waals surface area contributed by atoms with E-state index in [9.17, 15) is 14.4 Å². The lowest BCUT2D eigenvalue weighted by atomic mass is 10.1. The number of aliphatic carboxylic acids is 1. The van der Waals surface area contributed by atoms with Crippen molar-refractivity contribution in [1.82, 2.24) is 15.1 Å². The third-order valence-corrected chi connectivity index (χ3v) is 5.07. The highest BCUT2D eigenvalue weighted by Gasteiger charge is 2.25. The lowest BCUT2D eigenvalue weighted by molar-refractivity contribution is -0.147. The van der Waals surface area contributed by atoms with Crippen molar-refractivity contribution in [3.05, 3.63) is 41.7 Å². The molecule has 0 bridgehead atoms. The number of hydrogen-bond donors (Lipinski definition) is 2. The van der Waals surface area contributed by atoms with Gasteiger partial charge in [-0.05, 0) is 30.0 Å². The van der Waals surface area contributed by atoms with Crippen LogP contribution in [0.25, 0.3) is 11.3 Å². The lowest BCUT2D eigenvalue weighted by Crippen LogP contribution is -2.31. The summed E-state index contributed by atoms with van der Waals surface area (Å²) >= 11 is 0. The minimum atomic E-state index is -1.65. The molecule has 1 aromatic heterocycles. The van der Waals surface area contributed by atoms with Crippen LogP contribution in [0.15, 0.2) is 36.0 Å². The molecule has 9 heteroatoms. The number of hydrogen-bond acceptors (Lipinski definition) is 6. The SMILES string of the molecule is CCC(C)Cn1nc(C(=O)N/C(=C/C(C)C)C(=O)C(=O)O)cc1-c1c(OC)cccc1OC. The van der Waals surface area contributed by atoms with Crippen LogP contribution in [0.5, 0.6) is 11.5 Å². The van der Waals surface area contributed by atoms with Gasteiger partial charge in [0.1, 0.15) is 11.5 Å². The van der Waals surface area contributed by atoms with Gasteiger partial charge in [0, 0.05) is 6.54 Å². The van der Waals surface area contributed by atoms with Gasteiger partial charge in [-0.25, -0.2) is 4.79 Å². The maximum atomic E-state index is 13.0. The molecule has 1 unspecified atom stereocenters. The normalized spacial score (nSPS) is 12.4. The van der Waals surface area contributed by atoms with E-state index in [1.165, 1.54) is 6.08 Å². The summed E-state index contributed by atoms with van der Waals surface area (Å²) in [6, 6.07) is 6.95. The van der Waals surface area contributed by atoms with Gasteiger partial charge in [-0.1, -0.05) is 46.3 Å². The summed E-state index contributed by atoms with van der Waals surface area (Å²) in [6.45, 7) is 8.21. The standard InChI is InChI=1S/C24H31N3O6/c1-7-15(4)13-27-18(21-19(32-5)9-8-10-20(21)33-6)12-17(26-27)23(29)25-16(11-14(2)3)22(28)24(30)31/h8-12,14-15H,7,13H2,1-6H3,(H,25,29)(H,30,31)/b16-11+. The Labute approximate surface area is 193 Å². The molecule has 9 nitrogen and oxygen atoms in total. The van der Waals surface area contributed by atoms with Crippen molar-refractivity contribution >= 4 is 17.7 Å². The number of benzene rings is 1. The predicted molar refractivity (Wildman–Crippen MR) is 123 cm³/mol. The van der Waals surface area contributed by atoms with Crippen LogP contribution in [0.1, 0.15) is 44.6 Å². The molecule has 1 atom stereocenters. The number of ether oxygens (including phenoxy) is 2. The molecule has 0 fully saturated rings. The summed E-state index contributed by atoms with van der Waals surface area (Å²) in [4.78, 5) is 36.2. The average molecular weight is 458 g/mol. The quantitative estimate of drug-likeness (QED) is 0.391. The van der Waals surface area contributed by atoms with Crippen molar-refractivity contribution in [2.75, 3.05) is 14.2 Å². The van der Waals surface area contributed by atoms with Gasteiger partial charge in [0.2, 0.25) is 0 Å². The number of allylic oxidation sites excluding steroid dienone is 1. The molecular formula is C24H31N3O6. The van der Waals surface area contributed by atoms with E-state index in [-0.39, 0.29) is 23.2 Å². The summed E-state index contributed by atoms with van der Waals surface area (Å²) < 4.78 is 12.8. The molecule has 178 valence electrons. The number of rotatable bonds is 11. The first-order valence-electron chi connectivity index (χ1n) is 10.7. The summed E-state index contributed by atoms with van der Waals surface area (Å²) in [5.41, 5.74) is 0.982. The Bertz CT molecular complexity index is 1030. The Morgan fingerprint density at radius 1 is 1.15 bits per heavy atom. The Kier molecular flexibility index (Phi) is 8.78. The first-order chi connectivity index (χ1) is 15.6. The Morgan fingerprint density at radius 2 is 1.76 bits per heavy atom. The molecule has 2 rings (SSSR count). The zero-order valence-corrected chi connectivity index (χ0v) is 19.8. The maximum absolute atomic E-state index is 13.0. The Morgan fingerprint density at radius 3 is 2.24 bits per heavy atom. The molecule has 0 aliphatic heterocycles. The van der Waals surface area contributed by atoms with Gasteiger partial charge in [-0.2, -0.15) is 5.10 Å². The fourth-order valence-electron chi connectivity index (χ4n) is 3.21. The van der Waals surface area contributed by atoms with Crippen LogP contribution in [0.3, 0.4) is 0 Å². The van der Waals surface area contributed by atoms with Crippen molar-refractivity contribution in [2.24, 2.45) is 11.8 Å². The van der Waals surface area contributed by atoms with Crippen LogP contribution in [0.4, 0.5) is 0 Å². The first kappa shape index (κ1) is 25.6. The van der Waals surface area contributed by atoms with Crippen molar-refractivity contribution in [1.29, 1.82) is 0 Å². The summed E-state index contributed by atoms with van der Waals surface area (Å²) in [5.74, 6) is -2.31. The average Bonchev–Trinajstić information content (AvgIpc) is 3.20. The number of carboxylic acids is 1. The number of carboxylic acid groups (broad SMARTS) is 1. The molecular weight excluding hydrogens is 426 g/mol. The van der Waals surface area contributed by atoms with E-state index in [4.69, 9.17) is 14.6 Å². The van der Waals surface area contributed by atoms with Gasteiger partial charge >= 0.3 is 5.97 Å². The number of nitrogens with zero attached hydrogens (tertiary/aromatic N) is 2. The topological polar surface area (TPSA) is 120 Å². The van der Waals surface area contributed by atoms with E-state index in [2.05, 4.69) is 24.3 Å². The third kappa shape index (κ3) is 6.21. The molecule has 2 aromatic rings. The molecule has 33 heavy (non-hydrogen) atoms. The number of methoxy groups -OCH3 is 2. The van der Waals surface area contributed by atoms with Gasteiger partial charge in [0.05, 0.1) is 31.2 Å². The number of ketones is 1. The molecule has 0 saturated heterocycles. The zero-order valence-electron chi connectivity index (χ0n) is 19.8. The highest BCUT2D eigenvalue weighted by atomic mass is 16.5. The van der Waals surface area contributed by atoms with Crippen molar-refractivity contribution in [2.45, 2.75) is 40.7 Å². The number of amides is 1. The van der Waals surface area contributed by atoms with Crippen LogP contribution in [0.2, 0.25) is 0 Å². The minimum Gasteiger partial charge on any atom is -0.496 e. The molecule has 0 aliphatic carbocycles. The number of aromatic nitrogens is 2. The molecule has 0 spiro atoms. The Balaban J connectivity index is 2.58. The van der Waals surface area contributed by atoms with Crippen LogP contribution in [-0.4, -0.2) is 46.8 Å². The van der Waals surface area contributed by atoms with E-state index in [1.807, 2.05) is 0 Å². The highest BCUT2D eigenvalue weighted by Crippen LogP contribution is 2.38. The molecule has 0 radical (unpaired) electrons. The van der Waals surface area contributed by atoms with E-state index in [0.717, 1.165) is 6.42 Å². The Hall–Kier alpha value is -3.62. The minimum absolute atomic E-state index is 0.0362. The van der Waals surface area contributed by atoms with Crippen molar-refractivity contribution in [3.8, 4) is 22.8 Å². The van der Waals surface area contributed by atoms with E-state index in [1.54, 1.807) is 57.0 Å². The van der Waals surface area contributed by atoms with Crippen LogP contribution < -0.4 is 14.8 Å². The molecule has 1 heterocycles. The van der Waals surface area contributed by atoms with Gasteiger partial charge in [0.25, 0.3) is 11.7 Å². The van der Waals surface area contributed by atoms with Crippen LogP contribution in [0, 0.1) is 11.8 Å². The summed E-state index contributed by atoms with van der Waals surface area (Å²) in [6.07, 6.45) is 2.30. The molecule has 2 N–H and O–H groups in total. The van der Waals surface area contributed by atoms with E-state index >= 15 is 0 Å². The van der Waals surface area contributed by atoms with E-state index < -0.39 is 17.7 Å². The summed E-state index contributed by atoms with van der Waals surface area (Å²) in [5, 5.41) is 16.0. The number of carbonyl (C=O) groups is 3. The molecule has 0 saturated carbocycles. The van der Waals surface area contributed by atoms with Gasteiger partial charge < -0.3 is 19.9 Å². The predicted octanol–water partition coefficient (Wildman–Crippen LogP) is 3.54. The van der Waals surface area contributed by atoms with Crippen LogP contribution >= 0.6 is 0 Å². The van der Waals surface area contributed by atoms with E-state index in [0.29, 0.717) is 29.3 Å². The smallest absolute Gasteiger partial charge is 0.378 e. The fourth-order valence-corrected chi connectivity index (χ4v) is 3.21. The number of carbonyl (C=O) groups excluding carboxylic acids is 2. The monoisotopic (exact) mass is 457 g/mol. The number of Topliss-reactive ketones (excluding diaryl/α,β-unsaturated/α-hetero) is 1. The number of nitrogens with one attached hydrogen (secondary N) is 1. The van der Waals surface area contributed by atoms with Gasteiger partial charge in [-0.15, -0.1) is 0 Å². The second-order valence-electron chi connectivity index (χ2n) is 8.06. The second kappa shape index (κ2) is 11.3. The van der Waals surface area contributed by atoms with Gasteiger partial charge in [-0.3, -0.25) is 14.3 Å². The van der Waals surface area contributed by atoms with Gasteiger partial charge in [0.15, 0.2) is 5.69 Å². The summed E-state index contributed by atoms with van der Waals surface area (Å²) in [7, 11) is 3.09. The van der Waals surface area contributed by atoms with Crippen LogP contribution in [-0.2, 0) is 16.1 Å². The molecule has 0 aliphatic rings. The maximum Gasteiger partial charge on any atom is 0.378 e. The van der Waals surface area contributed by atoms with Crippen molar-refractivity contribution in [3.63, 3.8) is 0 Å². The highest BCUT2D eigenvalue weighted by molar-refractivity contribution is 6.40. The zero-order chi connectivity index (χ0) is 24.7. The third-order valence-electron chi connectivity index (χ3n) is 5.07. The molecule has 1 amide bonds. The second-order valence-corrected chi connectivity index (χ2v) is 8.06. The molecule has 1 aromatic carbocycles. The van der Waals surface area contributed by atoms with Crippen molar-refractivity contribution < 1.29 is 29.0 Å². The fraction of sp³-hybridized carbons (Fsp3) is 0.417. The lowest BCUT2D eigenvalue weighted by Gasteiger charge is -2.16.